The van der Waals surface area contributed by atoms with Crippen molar-refractivity contribution in [3.8, 4) is 10.7 Å². The number of hydrogen-bond donors (Lipinski definition) is 1. The number of carboxylic acid groups (broad SMARTS) is 1. The quantitative estimate of drug-likeness (QED) is 0.939. The Kier molecular flexibility index (Phi) is 3.35. The molecular formula is C9H7BrN2O3S. The molecule has 2 rings (SSSR count). The van der Waals surface area contributed by atoms with E-state index in [0.717, 1.165) is 8.66 Å². The van der Waals surface area contributed by atoms with E-state index in [1.165, 1.54) is 11.3 Å². The number of thiophene rings is 1. The molecule has 0 aliphatic rings. The Balaban J connectivity index is 2.10. The van der Waals surface area contributed by atoms with E-state index in [1.807, 2.05) is 12.1 Å². The highest BCUT2D eigenvalue weighted by Crippen LogP contribution is 2.29. The molecule has 84 valence electrons. The summed E-state index contributed by atoms with van der Waals surface area (Å²) in [7, 11) is 0. The molecule has 0 radical (unpaired) electrons. The third-order valence-electron chi connectivity index (χ3n) is 1.81. The van der Waals surface area contributed by atoms with Crippen LogP contribution in [0.25, 0.3) is 10.7 Å². The summed E-state index contributed by atoms with van der Waals surface area (Å²) in [6.07, 6.45) is 0.255. The van der Waals surface area contributed by atoms with Crippen molar-refractivity contribution in [2.24, 2.45) is 0 Å². The van der Waals surface area contributed by atoms with Crippen molar-refractivity contribution >= 4 is 33.2 Å². The Bertz CT molecular complexity index is 508. The van der Waals surface area contributed by atoms with E-state index in [4.69, 9.17) is 9.63 Å². The first-order chi connectivity index (χ1) is 7.65. The fourth-order valence-electron chi connectivity index (χ4n) is 1.10. The van der Waals surface area contributed by atoms with Gasteiger partial charge in [0.05, 0.1) is 15.1 Å². The number of carboxylic acids is 1. The number of aromatic nitrogens is 2. The molecule has 5 nitrogen and oxygen atoms in total. The van der Waals surface area contributed by atoms with Crippen molar-refractivity contribution in [2.45, 2.75) is 12.8 Å². The monoisotopic (exact) mass is 302 g/mol. The van der Waals surface area contributed by atoms with Crippen LogP contribution in [-0.2, 0) is 11.2 Å². The molecular weight excluding hydrogens is 296 g/mol. The normalized spacial score (nSPS) is 10.6. The second kappa shape index (κ2) is 4.75. The van der Waals surface area contributed by atoms with Crippen molar-refractivity contribution in [1.29, 1.82) is 0 Å². The van der Waals surface area contributed by atoms with Crippen LogP contribution in [0, 0.1) is 0 Å². The van der Waals surface area contributed by atoms with E-state index in [9.17, 15) is 4.79 Å². The summed E-state index contributed by atoms with van der Waals surface area (Å²) < 4.78 is 5.93. The van der Waals surface area contributed by atoms with E-state index < -0.39 is 5.97 Å². The lowest BCUT2D eigenvalue weighted by atomic mass is 10.3. The summed E-state index contributed by atoms with van der Waals surface area (Å²) in [6, 6.07) is 3.77. The molecule has 2 aromatic heterocycles. The maximum absolute atomic E-state index is 10.4. The van der Waals surface area contributed by atoms with E-state index in [0.29, 0.717) is 11.7 Å². The zero-order valence-corrected chi connectivity index (χ0v) is 10.4. The molecule has 0 amide bonds. The van der Waals surface area contributed by atoms with Crippen LogP contribution < -0.4 is 0 Å². The summed E-state index contributed by atoms with van der Waals surface area (Å²) in [4.78, 5) is 15.4. The lowest BCUT2D eigenvalue weighted by Crippen LogP contribution is -1.97. The third kappa shape index (κ3) is 2.67. The predicted octanol–water partition coefficient (Wildman–Crippen LogP) is 2.58. The molecule has 7 heteroatoms. The minimum atomic E-state index is -0.876. The molecule has 2 heterocycles. The first-order valence-electron chi connectivity index (χ1n) is 4.45. The van der Waals surface area contributed by atoms with Gasteiger partial charge in [-0.1, -0.05) is 5.16 Å². The maximum Gasteiger partial charge on any atom is 0.303 e. The third-order valence-corrected chi connectivity index (χ3v) is 3.43. The molecule has 16 heavy (non-hydrogen) atoms. The standard InChI is InChI=1S/C9H7BrN2O3S/c10-6-2-1-5(16-6)9-11-7(15-12-9)3-4-8(13)14/h1-2H,3-4H2,(H,13,14). The molecule has 0 saturated carbocycles. The second-order valence-electron chi connectivity index (χ2n) is 3.01. The maximum atomic E-state index is 10.4. The molecule has 0 aromatic carbocycles. The van der Waals surface area contributed by atoms with Gasteiger partial charge in [-0.05, 0) is 28.1 Å². The van der Waals surface area contributed by atoms with Gasteiger partial charge in [0.1, 0.15) is 0 Å². The van der Waals surface area contributed by atoms with Gasteiger partial charge < -0.3 is 9.63 Å². The molecule has 1 N–H and O–H groups in total. The van der Waals surface area contributed by atoms with Gasteiger partial charge >= 0.3 is 5.97 Å². The smallest absolute Gasteiger partial charge is 0.303 e. The Hall–Kier alpha value is -1.21. The number of halogens is 1. The van der Waals surface area contributed by atoms with Crippen molar-refractivity contribution < 1.29 is 14.4 Å². The number of nitrogens with zero attached hydrogens (tertiary/aromatic N) is 2. The van der Waals surface area contributed by atoms with E-state index in [2.05, 4.69) is 26.1 Å². The first-order valence-corrected chi connectivity index (χ1v) is 6.06. The van der Waals surface area contributed by atoms with E-state index >= 15 is 0 Å². The van der Waals surface area contributed by atoms with Crippen molar-refractivity contribution in [3.63, 3.8) is 0 Å². The van der Waals surface area contributed by atoms with Gasteiger partial charge in [-0.25, -0.2) is 0 Å². The minimum Gasteiger partial charge on any atom is -0.481 e. The number of hydrogen-bond acceptors (Lipinski definition) is 5. The summed E-state index contributed by atoms with van der Waals surface area (Å²) >= 11 is 4.83. The fourth-order valence-corrected chi connectivity index (χ4v) is 2.42. The molecule has 0 fully saturated rings. The molecule has 0 bridgehead atoms. The largest absolute Gasteiger partial charge is 0.481 e. The number of aliphatic carboxylic acids is 1. The van der Waals surface area contributed by atoms with Crippen LogP contribution >= 0.6 is 27.3 Å². The molecule has 0 spiro atoms. The topological polar surface area (TPSA) is 76.2 Å². The van der Waals surface area contributed by atoms with E-state index in [1.54, 1.807) is 0 Å². The average molecular weight is 303 g/mol. The Morgan fingerprint density at radius 1 is 1.56 bits per heavy atom. The summed E-state index contributed by atoms with van der Waals surface area (Å²) in [5.74, 6) is -0.0309. The van der Waals surface area contributed by atoms with Gasteiger partial charge in [0.15, 0.2) is 0 Å². The van der Waals surface area contributed by atoms with Crippen LogP contribution in [0.15, 0.2) is 20.4 Å². The number of carbonyl (C=O) groups is 1. The summed E-state index contributed by atoms with van der Waals surface area (Å²) in [5.41, 5.74) is 0. The van der Waals surface area contributed by atoms with Crippen molar-refractivity contribution in [3.05, 3.63) is 21.8 Å². The van der Waals surface area contributed by atoms with E-state index in [-0.39, 0.29) is 12.8 Å². The van der Waals surface area contributed by atoms with Gasteiger partial charge in [-0.15, -0.1) is 11.3 Å². The van der Waals surface area contributed by atoms with Crippen LogP contribution in [0.4, 0.5) is 0 Å². The van der Waals surface area contributed by atoms with Crippen molar-refractivity contribution in [2.75, 3.05) is 0 Å². The zero-order valence-electron chi connectivity index (χ0n) is 8.01. The van der Waals surface area contributed by atoms with Crippen LogP contribution in [0.3, 0.4) is 0 Å². The highest BCUT2D eigenvalue weighted by Gasteiger charge is 2.11. The first kappa shape index (κ1) is 11.3. The molecule has 0 atom stereocenters. The van der Waals surface area contributed by atoms with Gasteiger partial charge in [0.25, 0.3) is 0 Å². The van der Waals surface area contributed by atoms with Crippen LogP contribution in [0.2, 0.25) is 0 Å². The highest BCUT2D eigenvalue weighted by molar-refractivity contribution is 9.11. The van der Waals surface area contributed by atoms with Crippen LogP contribution in [-0.4, -0.2) is 21.2 Å². The second-order valence-corrected chi connectivity index (χ2v) is 5.47. The molecule has 0 unspecified atom stereocenters. The molecule has 0 aliphatic heterocycles. The molecule has 2 aromatic rings. The van der Waals surface area contributed by atoms with Gasteiger partial charge in [0, 0.05) is 6.42 Å². The predicted molar refractivity (Wildman–Crippen MR) is 61.3 cm³/mol. The lowest BCUT2D eigenvalue weighted by Gasteiger charge is -1.87. The minimum absolute atomic E-state index is 0.00420. The number of aryl methyl sites for hydroxylation is 1. The van der Waals surface area contributed by atoms with Gasteiger partial charge in [-0.3, -0.25) is 4.79 Å². The Morgan fingerprint density at radius 2 is 2.38 bits per heavy atom. The highest BCUT2D eigenvalue weighted by atomic mass is 79.9. The molecule has 0 saturated heterocycles. The zero-order chi connectivity index (χ0) is 11.5. The fraction of sp³-hybridized carbons (Fsp3) is 0.222. The Morgan fingerprint density at radius 3 is 3.00 bits per heavy atom. The molecule has 0 aliphatic carbocycles. The van der Waals surface area contributed by atoms with Gasteiger partial charge in [0.2, 0.25) is 11.7 Å². The van der Waals surface area contributed by atoms with Crippen LogP contribution in [0.5, 0.6) is 0 Å². The van der Waals surface area contributed by atoms with Crippen molar-refractivity contribution in [1.82, 2.24) is 10.1 Å². The van der Waals surface area contributed by atoms with Crippen LogP contribution in [0.1, 0.15) is 12.3 Å². The lowest BCUT2D eigenvalue weighted by molar-refractivity contribution is -0.137. The van der Waals surface area contributed by atoms with Gasteiger partial charge in [-0.2, -0.15) is 4.98 Å². The SMILES string of the molecule is O=C(O)CCc1nc(-c2ccc(Br)s2)no1. The number of rotatable bonds is 4. The summed E-state index contributed by atoms with van der Waals surface area (Å²) in [5, 5.41) is 12.3. The Labute approximate surface area is 103 Å². The summed E-state index contributed by atoms with van der Waals surface area (Å²) in [6.45, 7) is 0. The average Bonchev–Trinajstić information content (AvgIpc) is 2.83.